The fourth-order valence-electron chi connectivity index (χ4n) is 0.433. The van der Waals surface area contributed by atoms with E-state index in [1.165, 1.54) is 35.7 Å². The van der Waals surface area contributed by atoms with Crippen molar-refractivity contribution >= 4 is 47.4 Å². The Morgan fingerprint density at radius 2 is 1.62 bits per heavy atom. The second-order valence-corrected chi connectivity index (χ2v) is 5.58. The molecule has 4 nitrogen and oxygen atoms in total. The summed E-state index contributed by atoms with van der Waals surface area (Å²) >= 11 is 4.62. The van der Waals surface area contributed by atoms with Crippen LogP contribution >= 0.6 is 35.3 Å². The molecule has 0 aliphatic heterocycles. The van der Waals surface area contributed by atoms with E-state index in [1.54, 1.807) is 11.8 Å². The first-order valence-corrected chi connectivity index (χ1v) is 6.57. The minimum Gasteiger partial charge on any atom is -0.211 e. The molecule has 0 saturated carbocycles. The third kappa shape index (κ3) is 8.15. The van der Waals surface area contributed by atoms with E-state index in [0.29, 0.717) is 11.8 Å². The summed E-state index contributed by atoms with van der Waals surface area (Å²) in [6, 6.07) is 0. The van der Waals surface area contributed by atoms with Crippen LogP contribution in [0.5, 0.6) is 0 Å². The molecular formula is C6H8N2O2S3. The van der Waals surface area contributed by atoms with Gasteiger partial charge in [-0.05, 0) is 6.26 Å². The first-order chi connectivity index (χ1) is 6.35. The Bertz CT molecular complexity index is 202. The van der Waals surface area contributed by atoms with Gasteiger partial charge < -0.3 is 0 Å². The summed E-state index contributed by atoms with van der Waals surface area (Å²) < 4.78 is 0.231. The zero-order valence-electron chi connectivity index (χ0n) is 6.93. The van der Waals surface area contributed by atoms with Crippen molar-refractivity contribution in [1.29, 1.82) is 0 Å². The molecule has 13 heavy (non-hydrogen) atoms. The topological polar surface area (TPSA) is 58.9 Å². The molecular weight excluding hydrogens is 228 g/mol. The van der Waals surface area contributed by atoms with Crippen LogP contribution in [-0.4, -0.2) is 34.1 Å². The third-order valence-electron chi connectivity index (χ3n) is 0.872. The molecule has 0 amide bonds. The Labute approximate surface area is 89.0 Å². The molecule has 72 valence electrons. The molecule has 0 aromatic heterocycles. The van der Waals surface area contributed by atoms with Crippen molar-refractivity contribution in [2.24, 2.45) is 9.98 Å². The van der Waals surface area contributed by atoms with E-state index >= 15 is 0 Å². The average Bonchev–Trinajstić information content (AvgIpc) is 2.16. The van der Waals surface area contributed by atoms with Gasteiger partial charge in [0.25, 0.3) is 0 Å². The van der Waals surface area contributed by atoms with Crippen LogP contribution in [0.1, 0.15) is 0 Å². The highest BCUT2D eigenvalue weighted by molar-refractivity contribution is 8.32. The number of nitrogens with zero attached hydrogens (tertiary/aromatic N) is 2. The smallest absolute Gasteiger partial charge is 0.211 e. The summed E-state index contributed by atoms with van der Waals surface area (Å²) in [5.41, 5.74) is 0. The lowest BCUT2D eigenvalue weighted by Gasteiger charge is -2.08. The van der Waals surface area contributed by atoms with Gasteiger partial charge in [0.1, 0.15) is 0 Å². The van der Waals surface area contributed by atoms with E-state index in [-0.39, 0.29) is 3.91 Å². The molecule has 0 atom stereocenters. The molecule has 0 aliphatic rings. The molecule has 0 radical (unpaired) electrons. The van der Waals surface area contributed by atoms with Gasteiger partial charge in [0.2, 0.25) is 12.2 Å². The normalized spacial score (nSPS) is 11.2. The maximum absolute atomic E-state index is 9.75. The molecule has 0 spiro atoms. The largest absolute Gasteiger partial charge is 0.235 e. The molecule has 0 rings (SSSR count). The predicted octanol–water partition coefficient (Wildman–Crippen LogP) is 1.69. The molecule has 7 heteroatoms. The maximum atomic E-state index is 9.75. The van der Waals surface area contributed by atoms with Crippen LogP contribution in [0.3, 0.4) is 0 Å². The number of hydrogen-bond donors (Lipinski definition) is 0. The van der Waals surface area contributed by atoms with Crippen molar-refractivity contribution in [3.8, 4) is 0 Å². The quantitative estimate of drug-likeness (QED) is 0.382. The Hall–Kier alpha value is -0.190. The monoisotopic (exact) mass is 236 g/mol. The zero-order valence-corrected chi connectivity index (χ0v) is 9.38. The van der Waals surface area contributed by atoms with E-state index in [0.717, 1.165) is 0 Å². The Morgan fingerprint density at radius 3 is 1.92 bits per heavy atom. The van der Waals surface area contributed by atoms with Crippen molar-refractivity contribution in [2.45, 2.75) is 3.91 Å². The molecule has 0 saturated heterocycles. The molecule has 0 unspecified atom stereocenters. The van der Waals surface area contributed by atoms with Crippen LogP contribution in [0.4, 0.5) is 0 Å². The first kappa shape index (κ1) is 12.8. The van der Waals surface area contributed by atoms with E-state index < -0.39 is 0 Å². The Balaban J connectivity index is 3.61. The van der Waals surface area contributed by atoms with Crippen molar-refractivity contribution in [2.75, 3.05) is 18.0 Å². The van der Waals surface area contributed by atoms with Crippen LogP contribution < -0.4 is 0 Å². The van der Waals surface area contributed by atoms with Crippen LogP contribution in [-0.2, 0) is 9.59 Å². The van der Waals surface area contributed by atoms with Gasteiger partial charge in [0.05, 0.1) is 15.7 Å². The first-order valence-electron chi connectivity index (χ1n) is 3.18. The average molecular weight is 236 g/mol. The maximum Gasteiger partial charge on any atom is 0.235 e. The number of hydrogen-bond acceptors (Lipinski definition) is 7. The SMILES string of the molecule is CSC(SCN=C=O)SCN=C=O. The lowest BCUT2D eigenvalue weighted by molar-refractivity contribution is 0.563. The number of thioether (sulfide) groups is 3. The van der Waals surface area contributed by atoms with E-state index in [4.69, 9.17) is 0 Å². The highest BCUT2D eigenvalue weighted by Crippen LogP contribution is 2.31. The van der Waals surface area contributed by atoms with Gasteiger partial charge in [-0.2, -0.15) is 9.98 Å². The standard InChI is InChI=1S/C6H8N2O2S3/c1-11-6(12-4-7-2-9)13-5-8-3-10/h6H,4-5H2,1H3. The predicted molar refractivity (Wildman–Crippen MR) is 58.5 cm³/mol. The summed E-state index contributed by atoms with van der Waals surface area (Å²) in [6.07, 6.45) is 4.87. The van der Waals surface area contributed by atoms with Crippen LogP contribution in [0, 0.1) is 0 Å². The van der Waals surface area contributed by atoms with Gasteiger partial charge in [-0.1, -0.05) is 0 Å². The molecule has 0 fully saturated rings. The lowest BCUT2D eigenvalue weighted by atomic mass is 11.4. The fraction of sp³-hybridized carbons (Fsp3) is 0.667. The number of aliphatic imine (C=N–C) groups is 2. The van der Waals surface area contributed by atoms with E-state index in [1.807, 2.05) is 6.26 Å². The van der Waals surface area contributed by atoms with Crippen molar-refractivity contribution in [3.05, 3.63) is 0 Å². The van der Waals surface area contributed by atoms with Crippen LogP contribution in [0.15, 0.2) is 9.98 Å². The number of rotatable bonds is 7. The lowest BCUT2D eigenvalue weighted by Crippen LogP contribution is -1.91. The van der Waals surface area contributed by atoms with Gasteiger partial charge in [-0.15, -0.1) is 35.3 Å². The summed E-state index contributed by atoms with van der Waals surface area (Å²) in [7, 11) is 0. The Kier molecular flexibility index (Phi) is 9.75. The van der Waals surface area contributed by atoms with Gasteiger partial charge in [-0.25, -0.2) is 9.59 Å². The van der Waals surface area contributed by atoms with Gasteiger partial charge in [0, 0.05) is 0 Å². The second-order valence-electron chi connectivity index (χ2n) is 1.61. The minimum absolute atomic E-state index is 0.231. The highest BCUT2D eigenvalue weighted by atomic mass is 32.3. The van der Waals surface area contributed by atoms with Gasteiger partial charge in [0.15, 0.2) is 0 Å². The summed E-state index contributed by atoms with van der Waals surface area (Å²) in [5, 5.41) is 0. The van der Waals surface area contributed by atoms with Crippen molar-refractivity contribution in [3.63, 3.8) is 0 Å². The third-order valence-corrected chi connectivity index (χ3v) is 5.15. The van der Waals surface area contributed by atoms with Crippen molar-refractivity contribution in [1.82, 2.24) is 0 Å². The van der Waals surface area contributed by atoms with E-state index in [2.05, 4.69) is 9.98 Å². The molecule has 0 bridgehead atoms. The van der Waals surface area contributed by atoms with E-state index in [9.17, 15) is 9.59 Å². The van der Waals surface area contributed by atoms with Crippen LogP contribution in [0.25, 0.3) is 0 Å². The Morgan fingerprint density at radius 1 is 1.15 bits per heavy atom. The molecule has 0 N–H and O–H groups in total. The molecule has 0 heterocycles. The zero-order chi connectivity index (χ0) is 9.94. The summed E-state index contributed by atoms with van der Waals surface area (Å²) in [5.74, 6) is 0.791. The van der Waals surface area contributed by atoms with Gasteiger partial charge >= 0.3 is 0 Å². The molecule has 0 aliphatic carbocycles. The fourth-order valence-corrected chi connectivity index (χ4v) is 3.13. The molecule has 0 aromatic carbocycles. The summed E-state index contributed by atoms with van der Waals surface area (Å²) in [4.78, 5) is 26.3. The minimum atomic E-state index is 0.231. The number of carbonyl (C=O) groups excluding carboxylic acids is 2. The van der Waals surface area contributed by atoms with Gasteiger partial charge in [-0.3, -0.25) is 0 Å². The van der Waals surface area contributed by atoms with Crippen molar-refractivity contribution < 1.29 is 9.59 Å². The number of isocyanates is 2. The van der Waals surface area contributed by atoms with Crippen LogP contribution in [0.2, 0.25) is 0 Å². The summed E-state index contributed by atoms with van der Waals surface area (Å²) in [6.45, 7) is 0. The molecule has 0 aromatic rings. The second kappa shape index (κ2) is 9.89. The highest BCUT2D eigenvalue weighted by Gasteiger charge is 2.06.